The lowest BCUT2D eigenvalue weighted by atomic mass is 9.77. The molecule has 0 saturated heterocycles. The van der Waals surface area contributed by atoms with Gasteiger partial charge in [0.15, 0.2) is 5.60 Å². The topological polar surface area (TPSA) is 50.8 Å². The molecule has 0 aliphatic carbocycles. The van der Waals surface area contributed by atoms with Gasteiger partial charge in [0.25, 0.3) is 0 Å². The van der Waals surface area contributed by atoms with E-state index in [1.807, 2.05) is 78.9 Å². The lowest BCUT2D eigenvalue weighted by Crippen LogP contribution is -2.33. The first-order valence-corrected chi connectivity index (χ1v) is 12.5. The average molecular weight is 497 g/mol. The molecule has 2 aliphatic rings. The fraction of sp³-hybridized carbons (Fsp3) is 0.167. The molecule has 0 radical (unpaired) electrons. The zero-order valence-corrected chi connectivity index (χ0v) is 20.8. The highest BCUT2D eigenvalue weighted by Gasteiger charge is 2.53. The third kappa shape index (κ3) is 3.34. The van der Waals surface area contributed by atoms with Gasteiger partial charge in [-0.2, -0.15) is 0 Å². The van der Waals surface area contributed by atoms with E-state index in [1.165, 1.54) is 0 Å². The number of esters is 1. The summed E-state index contributed by atoms with van der Waals surface area (Å²) in [5.41, 5.74) is 4.50. The molecule has 2 aliphatic heterocycles. The summed E-state index contributed by atoms with van der Waals surface area (Å²) < 4.78 is 12.8. The molecule has 0 aromatic heterocycles. The van der Waals surface area contributed by atoms with Crippen LogP contribution in [0, 0.1) is 0 Å². The number of fused-ring (bicyclic) bond motifs is 6. The fourth-order valence-corrected chi connectivity index (χ4v) is 5.43. The zero-order valence-electron chi connectivity index (χ0n) is 20.0. The van der Waals surface area contributed by atoms with Gasteiger partial charge in [-0.15, -0.1) is 0 Å². The van der Waals surface area contributed by atoms with Crippen molar-refractivity contribution in [2.75, 3.05) is 23.3 Å². The number of halogens is 1. The normalized spacial score (nSPS) is 17.0. The summed E-state index contributed by atoms with van der Waals surface area (Å²) in [6.45, 7) is 6.02. The van der Waals surface area contributed by atoms with Crippen molar-refractivity contribution in [1.29, 1.82) is 0 Å². The molecule has 1 spiro atoms. The maximum Gasteiger partial charge on any atom is 0.340 e. The molecule has 6 rings (SSSR count). The van der Waals surface area contributed by atoms with Gasteiger partial charge in [-0.05, 0) is 62.4 Å². The highest BCUT2D eigenvalue weighted by Crippen LogP contribution is 2.57. The number of hydrogen-bond donors (Lipinski definition) is 1. The SMILES string of the molecule is CCN(CC)c1ccc2c(c1)Oc1ccc(Nc3ccccc3Cl)cc1C21OC(=O)c2ccccc21. The van der Waals surface area contributed by atoms with Crippen LogP contribution in [0.5, 0.6) is 11.5 Å². The Hall–Kier alpha value is -3.96. The maximum absolute atomic E-state index is 13.1. The Bertz CT molecular complexity index is 1500. The number of para-hydroxylation sites is 1. The largest absolute Gasteiger partial charge is 0.456 e. The van der Waals surface area contributed by atoms with E-state index in [1.54, 1.807) is 0 Å². The van der Waals surface area contributed by atoms with E-state index in [2.05, 4.69) is 30.1 Å². The second-order valence-electron chi connectivity index (χ2n) is 8.89. The first-order valence-electron chi connectivity index (χ1n) is 12.1. The van der Waals surface area contributed by atoms with Crippen LogP contribution in [-0.2, 0) is 10.3 Å². The number of anilines is 3. The monoisotopic (exact) mass is 496 g/mol. The molecule has 4 aromatic carbocycles. The molecule has 5 nitrogen and oxygen atoms in total. The summed E-state index contributed by atoms with van der Waals surface area (Å²) in [4.78, 5) is 15.4. The number of nitrogens with zero attached hydrogens (tertiary/aromatic N) is 1. The van der Waals surface area contributed by atoms with Crippen molar-refractivity contribution < 1.29 is 14.3 Å². The van der Waals surface area contributed by atoms with E-state index < -0.39 is 5.60 Å². The predicted octanol–water partition coefficient (Wildman–Crippen LogP) is 7.50. The summed E-state index contributed by atoms with van der Waals surface area (Å²) in [6, 6.07) is 27.1. The van der Waals surface area contributed by atoms with Crippen molar-refractivity contribution in [3.8, 4) is 11.5 Å². The summed E-state index contributed by atoms with van der Waals surface area (Å²) in [5.74, 6) is 0.985. The van der Waals surface area contributed by atoms with E-state index in [9.17, 15) is 4.79 Å². The van der Waals surface area contributed by atoms with Crippen LogP contribution < -0.4 is 15.0 Å². The third-order valence-corrected chi connectivity index (χ3v) is 7.31. The van der Waals surface area contributed by atoms with Crippen LogP contribution in [0.15, 0.2) is 84.9 Å². The van der Waals surface area contributed by atoms with Gasteiger partial charge in [0, 0.05) is 47.2 Å². The molecule has 2 heterocycles. The summed E-state index contributed by atoms with van der Waals surface area (Å²) in [5, 5.41) is 4.01. The van der Waals surface area contributed by atoms with Crippen LogP contribution >= 0.6 is 11.6 Å². The second-order valence-corrected chi connectivity index (χ2v) is 9.29. The molecular formula is C30H25ClN2O3. The number of nitrogens with one attached hydrogen (secondary N) is 1. The number of rotatable bonds is 5. The summed E-state index contributed by atoms with van der Waals surface area (Å²) >= 11 is 6.39. The van der Waals surface area contributed by atoms with Crippen LogP contribution in [0.4, 0.5) is 17.1 Å². The lowest BCUT2D eigenvalue weighted by Gasteiger charge is -2.37. The van der Waals surface area contributed by atoms with E-state index in [4.69, 9.17) is 21.1 Å². The highest BCUT2D eigenvalue weighted by molar-refractivity contribution is 6.33. The van der Waals surface area contributed by atoms with E-state index in [0.29, 0.717) is 22.1 Å². The molecule has 0 amide bonds. The number of benzene rings is 4. The number of hydrogen-bond acceptors (Lipinski definition) is 5. The van der Waals surface area contributed by atoms with Crippen molar-refractivity contribution >= 4 is 34.6 Å². The molecule has 36 heavy (non-hydrogen) atoms. The van der Waals surface area contributed by atoms with Gasteiger partial charge >= 0.3 is 5.97 Å². The zero-order chi connectivity index (χ0) is 24.9. The number of ether oxygens (including phenoxy) is 2. The minimum atomic E-state index is -1.11. The Morgan fingerprint density at radius 1 is 0.833 bits per heavy atom. The molecular weight excluding hydrogens is 472 g/mol. The van der Waals surface area contributed by atoms with Gasteiger partial charge in [0.1, 0.15) is 11.5 Å². The molecule has 180 valence electrons. The number of carbonyl (C=O) groups is 1. The van der Waals surface area contributed by atoms with Crippen LogP contribution in [0.3, 0.4) is 0 Å². The van der Waals surface area contributed by atoms with Gasteiger partial charge in [-0.25, -0.2) is 4.79 Å². The smallest absolute Gasteiger partial charge is 0.340 e. The first kappa shape index (κ1) is 22.5. The van der Waals surface area contributed by atoms with Crippen LogP contribution in [0.1, 0.15) is 40.9 Å². The molecule has 0 bridgehead atoms. The van der Waals surface area contributed by atoms with Crippen molar-refractivity contribution in [2.24, 2.45) is 0 Å². The fourth-order valence-electron chi connectivity index (χ4n) is 5.24. The third-order valence-electron chi connectivity index (χ3n) is 6.98. The van der Waals surface area contributed by atoms with Crippen molar-refractivity contribution in [3.05, 3.63) is 112 Å². The van der Waals surface area contributed by atoms with Crippen molar-refractivity contribution in [2.45, 2.75) is 19.4 Å². The van der Waals surface area contributed by atoms with Crippen LogP contribution in [0.2, 0.25) is 5.02 Å². The maximum atomic E-state index is 13.1. The highest BCUT2D eigenvalue weighted by atomic mass is 35.5. The molecule has 0 saturated carbocycles. The summed E-state index contributed by atoms with van der Waals surface area (Å²) in [6.07, 6.45) is 0. The lowest BCUT2D eigenvalue weighted by molar-refractivity contribution is 0.0224. The van der Waals surface area contributed by atoms with Gasteiger partial charge in [0.05, 0.1) is 16.3 Å². The molecule has 1 N–H and O–H groups in total. The summed E-state index contributed by atoms with van der Waals surface area (Å²) in [7, 11) is 0. The van der Waals surface area contributed by atoms with Crippen molar-refractivity contribution in [3.63, 3.8) is 0 Å². The van der Waals surface area contributed by atoms with Crippen molar-refractivity contribution in [1.82, 2.24) is 0 Å². The van der Waals surface area contributed by atoms with Gasteiger partial charge in [0.2, 0.25) is 0 Å². The minimum absolute atomic E-state index is 0.346. The van der Waals surface area contributed by atoms with E-state index >= 15 is 0 Å². The second kappa shape index (κ2) is 8.61. The molecule has 0 fully saturated rings. The first-order chi connectivity index (χ1) is 17.5. The predicted molar refractivity (Wildman–Crippen MR) is 143 cm³/mol. The van der Waals surface area contributed by atoms with E-state index in [0.717, 1.165) is 46.8 Å². The quantitative estimate of drug-likeness (QED) is 0.290. The molecule has 1 atom stereocenters. The van der Waals surface area contributed by atoms with Gasteiger partial charge < -0.3 is 19.7 Å². The molecule has 4 aromatic rings. The van der Waals surface area contributed by atoms with Gasteiger partial charge in [-0.1, -0.05) is 41.9 Å². The van der Waals surface area contributed by atoms with Gasteiger partial charge in [-0.3, -0.25) is 0 Å². The van der Waals surface area contributed by atoms with E-state index in [-0.39, 0.29) is 5.97 Å². The Balaban J connectivity index is 1.55. The number of carbonyl (C=O) groups excluding carboxylic acids is 1. The van der Waals surface area contributed by atoms with Crippen LogP contribution in [-0.4, -0.2) is 19.1 Å². The standard InChI is InChI=1S/C30H25ClN2O3/c1-3-33(4-2)20-14-15-23-28(18-20)35-27-16-13-19(32-26-12-8-7-11-25(26)31)17-24(27)30(23)22-10-6-5-9-21(22)29(34)36-30/h5-18,32H,3-4H2,1-2H3. The average Bonchev–Trinajstić information content (AvgIpc) is 3.19. The Kier molecular flexibility index (Phi) is 5.38. The van der Waals surface area contributed by atoms with Crippen LogP contribution in [0.25, 0.3) is 0 Å². The molecule has 6 heteroatoms. The Morgan fingerprint density at radius 3 is 2.42 bits per heavy atom. The Morgan fingerprint density at radius 2 is 1.61 bits per heavy atom. The molecule has 1 unspecified atom stereocenters. The minimum Gasteiger partial charge on any atom is -0.456 e. The Labute approximate surface area is 215 Å².